The minimum absolute atomic E-state index is 0.0132. The molecule has 7 nitrogen and oxygen atoms in total. The molecule has 25 heavy (non-hydrogen) atoms. The van der Waals surface area contributed by atoms with Gasteiger partial charge < -0.3 is 14.8 Å². The predicted molar refractivity (Wildman–Crippen MR) is 96.1 cm³/mol. The van der Waals surface area contributed by atoms with Gasteiger partial charge in [0.25, 0.3) is 0 Å². The van der Waals surface area contributed by atoms with Gasteiger partial charge in [0.05, 0.1) is 12.2 Å². The highest BCUT2D eigenvalue weighted by Gasteiger charge is 2.29. The van der Waals surface area contributed by atoms with E-state index in [-0.39, 0.29) is 18.1 Å². The van der Waals surface area contributed by atoms with E-state index in [4.69, 9.17) is 0 Å². The van der Waals surface area contributed by atoms with Gasteiger partial charge in [-0.1, -0.05) is 6.92 Å². The third kappa shape index (κ3) is 4.03. The second-order valence-corrected chi connectivity index (χ2v) is 6.85. The minimum atomic E-state index is 0.0132. The number of carbonyl (C=O) groups excluding carboxylic acids is 1. The lowest BCUT2D eigenvalue weighted by Crippen LogP contribution is -2.48. The summed E-state index contributed by atoms with van der Waals surface area (Å²) in [7, 11) is 1.91. The SMILES string of the molecule is CCc1nccn1CC(C)NC(=O)N1CCCCC1c1cnn(C)c1. The molecule has 0 radical (unpaired) electrons. The molecule has 1 aliphatic rings. The van der Waals surface area contributed by atoms with E-state index in [1.807, 2.05) is 43.7 Å². The normalized spacial score (nSPS) is 19.0. The Morgan fingerprint density at radius 3 is 3.00 bits per heavy atom. The lowest BCUT2D eigenvalue weighted by atomic mass is 9.98. The number of piperidine rings is 1. The zero-order valence-electron chi connectivity index (χ0n) is 15.4. The molecule has 3 heterocycles. The Labute approximate surface area is 149 Å². The van der Waals surface area contributed by atoms with Crippen LogP contribution in [0.2, 0.25) is 0 Å². The number of aryl methyl sites for hydroxylation is 2. The number of aromatic nitrogens is 4. The third-order valence-corrected chi connectivity index (χ3v) is 4.83. The summed E-state index contributed by atoms with van der Waals surface area (Å²) in [6.07, 6.45) is 11.8. The molecule has 2 aromatic heterocycles. The first-order valence-corrected chi connectivity index (χ1v) is 9.14. The molecular formula is C18H28N6O. The Morgan fingerprint density at radius 1 is 1.44 bits per heavy atom. The number of amides is 2. The Balaban J connectivity index is 1.64. The van der Waals surface area contributed by atoms with Crippen LogP contribution in [0.25, 0.3) is 0 Å². The summed E-state index contributed by atoms with van der Waals surface area (Å²) in [5, 5.41) is 7.42. The van der Waals surface area contributed by atoms with Gasteiger partial charge in [0.1, 0.15) is 5.82 Å². The molecule has 136 valence electrons. The Bertz CT molecular complexity index is 706. The average Bonchev–Trinajstić information content (AvgIpc) is 3.23. The first-order valence-electron chi connectivity index (χ1n) is 9.14. The molecule has 1 N–H and O–H groups in total. The molecule has 0 aromatic carbocycles. The predicted octanol–water partition coefficient (Wildman–Crippen LogP) is 2.50. The molecule has 0 bridgehead atoms. The summed E-state index contributed by atoms with van der Waals surface area (Å²) in [6.45, 7) is 5.67. The Hall–Kier alpha value is -2.31. The fourth-order valence-electron chi connectivity index (χ4n) is 3.59. The van der Waals surface area contributed by atoms with Crippen molar-refractivity contribution in [2.45, 2.75) is 58.2 Å². The number of nitrogens with zero attached hydrogens (tertiary/aromatic N) is 5. The lowest BCUT2D eigenvalue weighted by Gasteiger charge is -2.36. The van der Waals surface area contributed by atoms with Crippen LogP contribution < -0.4 is 5.32 Å². The van der Waals surface area contributed by atoms with Gasteiger partial charge in [-0.3, -0.25) is 4.68 Å². The van der Waals surface area contributed by atoms with E-state index in [9.17, 15) is 4.79 Å². The maximum atomic E-state index is 12.8. The largest absolute Gasteiger partial charge is 0.334 e. The van der Waals surface area contributed by atoms with Crippen LogP contribution in [-0.2, 0) is 20.0 Å². The highest BCUT2D eigenvalue weighted by Crippen LogP contribution is 2.30. The van der Waals surface area contributed by atoms with Crippen molar-refractivity contribution in [3.8, 4) is 0 Å². The Kier molecular flexibility index (Phi) is 5.40. The smallest absolute Gasteiger partial charge is 0.318 e. The number of carbonyl (C=O) groups is 1. The maximum absolute atomic E-state index is 12.8. The Morgan fingerprint density at radius 2 is 2.28 bits per heavy atom. The summed E-state index contributed by atoms with van der Waals surface area (Å²) in [6, 6.07) is 0.178. The van der Waals surface area contributed by atoms with Crippen molar-refractivity contribution in [2.24, 2.45) is 7.05 Å². The molecule has 3 rings (SSSR count). The zero-order valence-corrected chi connectivity index (χ0v) is 15.4. The number of hydrogen-bond donors (Lipinski definition) is 1. The van der Waals surface area contributed by atoms with E-state index >= 15 is 0 Å². The standard InChI is InChI=1S/C18H28N6O/c1-4-17-19-8-10-23(17)12-14(2)21-18(25)24-9-6-5-7-16(24)15-11-20-22(3)13-15/h8,10-11,13-14,16H,4-7,9,12H2,1-3H3,(H,21,25). The molecule has 1 fully saturated rings. The van der Waals surface area contributed by atoms with Gasteiger partial charge in [-0.05, 0) is 26.2 Å². The van der Waals surface area contributed by atoms with Gasteiger partial charge in [-0.15, -0.1) is 0 Å². The number of likely N-dealkylation sites (tertiary alicyclic amines) is 1. The van der Waals surface area contributed by atoms with Crippen LogP contribution >= 0.6 is 0 Å². The van der Waals surface area contributed by atoms with Crippen molar-refractivity contribution in [3.05, 3.63) is 36.2 Å². The van der Waals surface area contributed by atoms with Gasteiger partial charge in [0.2, 0.25) is 0 Å². The van der Waals surface area contributed by atoms with Crippen LogP contribution in [0.1, 0.15) is 50.5 Å². The van der Waals surface area contributed by atoms with Crippen LogP contribution in [0.5, 0.6) is 0 Å². The molecule has 1 saturated heterocycles. The van der Waals surface area contributed by atoms with Crippen molar-refractivity contribution in [3.63, 3.8) is 0 Å². The molecule has 2 unspecified atom stereocenters. The summed E-state index contributed by atoms with van der Waals surface area (Å²) in [5.74, 6) is 1.05. The highest BCUT2D eigenvalue weighted by molar-refractivity contribution is 5.75. The fraction of sp³-hybridized carbons (Fsp3) is 0.611. The number of rotatable bonds is 5. The second-order valence-electron chi connectivity index (χ2n) is 6.85. The van der Waals surface area contributed by atoms with Gasteiger partial charge in [0.15, 0.2) is 0 Å². The topological polar surface area (TPSA) is 68.0 Å². The number of urea groups is 1. The van der Waals surface area contributed by atoms with Gasteiger partial charge in [-0.25, -0.2) is 9.78 Å². The van der Waals surface area contributed by atoms with Crippen molar-refractivity contribution in [1.82, 2.24) is 29.5 Å². The van der Waals surface area contributed by atoms with Crippen LogP contribution in [0, 0.1) is 0 Å². The average molecular weight is 344 g/mol. The van der Waals surface area contributed by atoms with Crippen LogP contribution in [-0.4, -0.2) is 42.8 Å². The van der Waals surface area contributed by atoms with Crippen LogP contribution in [0.4, 0.5) is 4.79 Å². The summed E-state index contributed by atoms with van der Waals surface area (Å²) >= 11 is 0. The van der Waals surface area contributed by atoms with Crippen molar-refractivity contribution in [1.29, 1.82) is 0 Å². The van der Waals surface area contributed by atoms with E-state index in [0.29, 0.717) is 0 Å². The van der Waals surface area contributed by atoms with Crippen LogP contribution in [0.3, 0.4) is 0 Å². The van der Waals surface area contributed by atoms with E-state index in [1.54, 1.807) is 4.68 Å². The molecule has 0 aliphatic carbocycles. The van der Waals surface area contributed by atoms with E-state index in [2.05, 4.69) is 26.9 Å². The molecule has 7 heteroatoms. The van der Waals surface area contributed by atoms with Gasteiger partial charge in [-0.2, -0.15) is 5.10 Å². The molecular weight excluding hydrogens is 316 g/mol. The van der Waals surface area contributed by atoms with Crippen molar-refractivity contribution < 1.29 is 4.79 Å². The zero-order chi connectivity index (χ0) is 17.8. The highest BCUT2D eigenvalue weighted by atomic mass is 16.2. The molecule has 2 atom stereocenters. The lowest BCUT2D eigenvalue weighted by molar-refractivity contribution is 0.148. The van der Waals surface area contributed by atoms with Gasteiger partial charge >= 0.3 is 6.03 Å². The number of hydrogen-bond acceptors (Lipinski definition) is 3. The second kappa shape index (κ2) is 7.72. The first-order chi connectivity index (χ1) is 12.1. The van der Waals surface area contributed by atoms with Gasteiger partial charge in [0, 0.05) is 56.8 Å². The minimum Gasteiger partial charge on any atom is -0.334 e. The summed E-state index contributed by atoms with van der Waals surface area (Å²) < 4.78 is 3.91. The molecule has 2 amide bonds. The molecule has 0 spiro atoms. The quantitative estimate of drug-likeness (QED) is 0.906. The monoisotopic (exact) mass is 344 g/mol. The molecule has 2 aromatic rings. The number of imidazole rings is 1. The van der Waals surface area contributed by atoms with Crippen molar-refractivity contribution >= 4 is 6.03 Å². The van der Waals surface area contributed by atoms with Crippen LogP contribution in [0.15, 0.2) is 24.8 Å². The number of nitrogens with one attached hydrogen (secondary N) is 1. The first kappa shape index (κ1) is 17.5. The molecule has 1 aliphatic heterocycles. The van der Waals surface area contributed by atoms with E-state index in [0.717, 1.165) is 50.2 Å². The summed E-state index contributed by atoms with van der Waals surface area (Å²) in [4.78, 5) is 19.2. The van der Waals surface area contributed by atoms with Crippen molar-refractivity contribution in [2.75, 3.05) is 6.54 Å². The maximum Gasteiger partial charge on any atom is 0.318 e. The van der Waals surface area contributed by atoms with E-state index < -0.39 is 0 Å². The third-order valence-electron chi connectivity index (χ3n) is 4.83. The van der Waals surface area contributed by atoms with E-state index in [1.165, 1.54) is 0 Å². The molecule has 0 saturated carbocycles. The fourth-order valence-corrected chi connectivity index (χ4v) is 3.59. The summed E-state index contributed by atoms with van der Waals surface area (Å²) in [5.41, 5.74) is 1.12.